The number of aliphatic carboxylic acids is 1. The number of rotatable bonds is 4. The lowest BCUT2D eigenvalue weighted by molar-refractivity contribution is -0.138. The summed E-state index contributed by atoms with van der Waals surface area (Å²) < 4.78 is 11.0. The Morgan fingerprint density at radius 2 is 1.65 bits per heavy atom. The van der Waals surface area contributed by atoms with Gasteiger partial charge in [-0.05, 0) is 35.9 Å². The Hall–Kier alpha value is -4.40. The van der Waals surface area contributed by atoms with Crippen molar-refractivity contribution in [1.82, 2.24) is 0 Å². The van der Waals surface area contributed by atoms with E-state index in [4.69, 9.17) is 9.15 Å². The normalized spacial score (nSPS) is 14.6. The van der Waals surface area contributed by atoms with E-state index in [2.05, 4.69) is 0 Å². The van der Waals surface area contributed by atoms with Gasteiger partial charge in [-0.25, -0.2) is 4.79 Å². The Labute approximate surface area is 174 Å². The highest BCUT2D eigenvalue weighted by atomic mass is 16.5. The predicted molar refractivity (Wildman–Crippen MR) is 108 cm³/mol. The number of carboxylic acids is 1. The molecule has 1 aliphatic heterocycles. The number of ether oxygens (including phenoxy) is 1. The van der Waals surface area contributed by atoms with Gasteiger partial charge in [-0.2, -0.15) is 0 Å². The first-order valence-corrected chi connectivity index (χ1v) is 9.06. The summed E-state index contributed by atoms with van der Waals surface area (Å²) in [6.45, 7) is 0. The van der Waals surface area contributed by atoms with Crippen LogP contribution < -0.4 is 10.4 Å². The maximum absolute atomic E-state index is 12.7. The van der Waals surface area contributed by atoms with Crippen LogP contribution in [0.3, 0.4) is 0 Å². The summed E-state index contributed by atoms with van der Waals surface area (Å²) in [7, 11) is 0. The van der Waals surface area contributed by atoms with Crippen molar-refractivity contribution in [3.05, 3.63) is 63.7 Å². The number of phenols is 4. The SMILES string of the molecule is O=C(O)C[C@@H]1Oc2cc(/C=C/c3ccc(O)c(O)c3)oc(=O)c2-c2cc(O)c(O)cc21. The molecule has 0 bridgehead atoms. The first-order chi connectivity index (χ1) is 14.7. The van der Waals surface area contributed by atoms with Crippen molar-refractivity contribution in [2.24, 2.45) is 0 Å². The molecule has 9 heteroatoms. The summed E-state index contributed by atoms with van der Waals surface area (Å²) in [5.74, 6) is -2.53. The van der Waals surface area contributed by atoms with Crippen molar-refractivity contribution < 1.29 is 39.5 Å². The summed E-state index contributed by atoms with van der Waals surface area (Å²) >= 11 is 0. The molecule has 0 aliphatic carbocycles. The third kappa shape index (κ3) is 3.76. The molecule has 0 saturated carbocycles. The molecule has 9 nitrogen and oxygen atoms in total. The van der Waals surface area contributed by atoms with Gasteiger partial charge >= 0.3 is 11.6 Å². The zero-order valence-electron chi connectivity index (χ0n) is 15.8. The molecule has 0 unspecified atom stereocenters. The van der Waals surface area contributed by atoms with E-state index in [9.17, 15) is 35.1 Å². The van der Waals surface area contributed by atoms with Crippen LogP contribution in [0, 0.1) is 0 Å². The average molecular weight is 424 g/mol. The van der Waals surface area contributed by atoms with Crippen LogP contribution in [0.25, 0.3) is 23.3 Å². The molecular weight excluding hydrogens is 408 g/mol. The Morgan fingerprint density at radius 3 is 2.35 bits per heavy atom. The minimum Gasteiger partial charge on any atom is -0.504 e. The molecule has 2 heterocycles. The van der Waals surface area contributed by atoms with E-state index < -0.39 is 35.6 Å². The van der Waals surface area contributed by atoms with Crippen LogP contribution in [0.1, 0.15) is 29.4 Å². The van der Waals surface area contributed by atoms with Gasteiger partial charge in [0.25, 0.3) is 0 Å². The van der Waals surface area contributed by atoms with Crippen LogP contribution in [0.4, 0.5) is 0 Å². The molecule has 1 aliphatic rings. The largest absolute Gasteiger partial charge is 0.504 e. The minimum absolute atomic E-state index is 0.00799. The maximum atomic E-state index is 12.7. The van der Waals surface area contributed by atoms with Gasteiger partial charge in [-0.3, -0.25) is 4.79 Å². The van der Waals surface area contributed by atoms with E-state index in [1.165, 1.54) is 36.4 Å². The molecule has 0 spiro atoms. The molecule has 1 aromatic heterocycles. The van der Waals surface area contributed by atoms with Gasteiger partial charge in [0.15, 0.2) is 23.0 Å². The van der Waals surface area contributed by atoms with Gasteiger partial charge < -0.3 is 34.7 Å². The summed E-state index contributed by atoms with van der Waals surface area (Å²) in [5.41, 5.74) is 0.166. The Balaban J connectivity index is 1.79. The van der Waals surface area contributed by atoms with Crippen molar-refractivity contribution in [3.63, 3.8) is 0 Å². The molecule has 5 N–H and O–H groups in total. The van der Waals surface area contributed by atoms with Crippen LogP contribution in [0.15, 0.2) is 45.6 Å². The first kappa shape index (κ1) is 19.9. The van der Waals surface area contributed by atoms with Gasteiger partial charge in [0.2, 0.25) is 0 Å². The summed E-state index contributed by atoms with van der Waals surface area (Å²) in [5, 5.41) is 47.8. The van der Waals surface area contributed by atoms with Crippen LogP contribution >= 0.6 is 0 Å². The quantitative estimate of drug-likeness (QED) is 0.397. The smallest absolute Gasteiger partial charge is 0.347 e. The zero-order valence-corrected chi connectivity index (χ0v) is 15.8. The van der Waals surface area contributed by atoms with Crippen LogP contribution in [-0.2, 0) is 4.79 Å². The number of fused-ring (bicyclic) bond motifs is 3. The van der Waals surface area contributed by atoms with Crippen molar-refractivity contribution in [2.75, 3.05) is 0 Å². The number of carbonyl (C=O) groups is 1. The number of carboxylic acid groups (broad SMARTS) is 1. The summed E-state index contributed by atoms with van der Waals surface area (Å²) in [4.78, 5) is 23.9. The van der Waals surface area contributed by atoms with Crippen LogP contribution in [0.2, 0.25) is 0 Å². The highest BCUT2D eigenvalue weighted by Gasteiger charge is 2.32. The molecule has 0 radical (unpaired) electrons. The zero-order chi connectivity index (χ0) is 22.3. The number of phenolic OH excluding ortho intramolecular Hbond substituents is 4. The molecule has 2 aromatic carbocycles. The first-order valence-electron chi connectivity index (χ1n) is 9.06. The van der Waals surface area contributed by atoms with Gasteiger partial charge in [0.05, 0.1) is 6.42 Å². The second-order valence-electron chi connectivity index (χ2n) is 6.89. The molecule has 31 heavy (non-hydrogen) atoms. The van der Waals surface area contributed by atoms with E-state index in [0.717, 1.165) is 12.1 Å². The fourth-order valence-corrected chi connectivity index (χ4v) is 3.33. The van der Waals surface area contributed by atoms with Crippen LogP contribution in [-0.4, -0.2) is 31.5 Å². The second-order valence-corrected chi connectivity index (χ2v) is 6.89. The standard InChI is InChI=1S/C22H16O9/c23-14-4-2-10(5-15(14)24)1-3-11-6-19-21(22(29)30-11)13-8-17(26)16(25)7-12(13)18(31-19)9-20(27)28/h1-8,18,23-26H,9H2,(H,27,28)/b3-1+/t18-/m0/s1. The Bertz CT molecular complexity index is 1290. The second kappa shape index (κ2) is 7.45. The molecule has 4 rings (SSSR count). The predicted octanol–water partition coefficient (Wildman–Crippen LogP) is 3.21. The molecule has 1 atom stereocenters. The van der Waals surface area contributed by atoms with E-state index in [1.807, 2.05) is 0 Å². The fourth-order valence-electron chi connectivity index (χ4n) is 3.33. The molecule has 158 valence electrons. The topological polar surface area (TPSA) is 158 Å². The number of hydrogen-bond acceptors (Lipinski definition) is 8. The van der Waals surface area contributed by atoms with E-state index in [1.54, 1.807) is 0 Å². The highest BCUT2D eigenvalue weighted by Crippen LogP contribution is 2.46. The maximum Gasteiger partial charge on any atom is 0.347 e. The molecule has 0 amide bonds. The molecule has 0 fully saturated rings. The Morgan fingerprint density at radius 1 is 0.935 bits per heavy atom. The van der Waals surface area contributed by atoms with Crippen molar-refractivity contribution in [2.45, 2.75) is 12.5 Å². The molecular formula is C22H16O9. The van der Waals surface area contributed by atoms with Gasteiger partial charge in [0, 0.05) is 17.2 Å². The summed E-state index contributed by atoms with van der Waals surface area (Å²) in [6, 6.07) is 7.87. The van der Waals surface area contributed by atoms with Crippen molar-refractivity contribution in [1.29, 1.82) is 0 Å². The lowest BCUT2D eigenvalue weighted by atomic mass is 9.91. The number of hydrogen-bond donors (Lipinski definition) is 5. The number of benzene rings is 2. The van der Waals surface area contributed by atoms with E-state index >= 15 is 0 Å². The van der Waals surface area contributed by atoms with E-state index in [0.29, 0.717) is 5.56 Å². The molecule has 0 saturated heterocycles. The third-order valence-electron chi connectivity index (χ3n) is 4.77. The monoisotopic (exact) mass is 424 g/mol. The van der Waals surface area contributed by atoms with Gasteiger partial charge in [-0.1, -0.05) is 12.1 Å². The van der Waals surface area contributed by atoms with Gasteiger partial charge in [-0.15, -0.1) is 0 Å². The lowest BCUT2D eigenvalue weighted by Gasteiger charge is -2.27. The third-order valence-corrected chi connectivity index (χ3v) is 4.77. The summed E-state index contributed by atoms with van der Waals surface area (Å²) in [6.07, 6.45) is 1.53. The highest BCUT2D eigenvalue weighted by molar-refractivity contribution is 5.80. The van der Waals surface area contributed by atoms with Gasteiger partial charge in [0.1, 0.15) is 23.2 Å². The Kier molecular flexibility index (Phi) is 4.78. The fraction of sp³-hybridized carbons (Fsp3) is 0.0909. The average Bonchev–Trinajstić information content (AvgIpc) is 2.69. The lowest BCUT2D eigenvalue weighted by Crippen LogP contribution is -2.21. The number of aromatic hydroxyl groups is 4. The molecule has 3 aromatic rings. The van der Waals surface area contributed by atoms with Crippen molar-refractivity contribution >= 4 is 18.1 Å². The van der Waals surface area contributed by atoms with E-state index in [-0.39, 0.29) is 39.7 Å². The van der Waals surface area contributed by atoms with Crippen LogP contribution in [0.5, 0.6) is 28.7 Å². The van der Waals surface area contributed by atoms with Crippen molar-refractivity contribution in [3.8, 4) is 39.9 Å². The minimum atomic E-state index is -1.15.